The Morgan fingerprint density at radius 3 is 2.68 bits per heavy atom. The molecule has 0 amide bonds. The highest BCUT2D eigenvalue weighted by atomic mass is 32.2. The van der Waals surface area contributed by atoms with Crippen LogP contribution >= 0.6 is 0 Å². The van der Waals surface area contributed by atoms with Crippen molar-refractivity contribution >= 4 is 16.2 Å². The number of aryl methyl sites for hydroxylation is 1. The molecule has 1 saturated heterocycles. The van der Waals surface area contributed by atoms with Crippen LogP contribution in [0.5, 0.6) is 0 Å². The quantitative estimate of drug-likeness (QED) is 0.819. The molecule has 150 valence electrons. The zero-order valence-corrected chi connectivity index (χ0v) is 17.0. The van der Waals surface area contributed by atoms with Crippen molar-refractivity contribution in [3.63, 3.8) is 0 Å². The number of carbonyl (C=O) groups is 1. The summed E-state index contributed by atoms with van der Waals surface area (Å²) in [4.78, 5) is 20.2. The number of aromatic carboxylic acids is 1. The van der Waals surface area contributed by atoms with E-state index in [1.807, 2.05) is 12.1 Å². The number of hydrogen-bond acceptors (Lipinski definition) is 5. The van der Waals surface area contributed by atoms with E-state index in [0.717, 1.165) is 18.5 Å². The minimum atomic E-state index is -3.47. The molecule has 1 aliphatic rings. The van der Waals surface area contributed by atoms with Gasteiger partial charge in [0.1, 0.15) is 5.82 Å². The van der Waals surface area contributed by atoms with Crippen molar-refractivity contribution in [3.05, 3.63) is 47.4 Å². The first-order chi connectivity index (χ1) is 13.2. The molecule has 1 fully saturated rings. The molecule has 0 saturated carbocycles. The fourth-order valence-electron chi connectivity index (χ4n) is 3.38. The summed E-state index contributed by atoms with van der Waals surface area (Å²) >= 11 is 0. The van der Waals surface area contributed by atoms with Crippen LogP contribution in [-0.4, -0.2) is 65.3 Å². The zero-order valence-electron chi connectivity index (χ0n) is 16.2. The number of carboxylic acids is 1. The van der Waals surface area contributed by atoms with Crippen LogP contribution in [0.2, 0.25) is 0 Å². The van der Waals surface area contributed by atoms with E-state index in [2.05, 4.69) is 9.97 Å². The van der Waals surface area contributed by atoms with Crippen LogP contribution in [-0.2, 0) is 10.2 Å². The Hall–Kier alpha value is -2.36. The second kappa shape index (κ2) is 7.94. The third-order valence-electron chi connectivity index (χ3n) is 4.85. The van der Waals surface area contributed by atoms with Crippen LogP contribution in [0, 0.1) is 6.92 Å². The number of hydrogen-bond donors (Lipinski definition) is 1. The highest BCUT2D eigenvalue weighted by molar-refractivity contribution is 7.86. The molecule has 8 nitrogen and oxygen atoms in total. The number of aromatic nitrogens is 2. The maximum atomic E-state index is 12.5. The normalized spacial score (nSPS) is 18.4. The molecule has 0 bridgehead atoms. The van der Waals surface area contributed by atoms with Gasteiger partial charge in [0.15, 0.2) is 0 Å². The Kier molecular flexibility index (Phi) is 5.78. The molecule has 2 heterocycles. The molecule has 1 aromatic carbocycles. The van der Waals surface area contributed by atoms with Gasteiger partial charge < -0.3 is 5.11 Å². The first-order valence-electron chi connectivity index (χ1n) is 9.05. The molecule has 2 aromatic rings. The molecule has 1 atom stereocenters. The van der Waals surface area contributed by atoms with Crippen LogP contribution in [0.15, 0.2) is 30.3 Å². The van der Waals surface area contributed by atoms with Gasteiger partial charge in [-0.2, -0.15) is 17.0 Å². The Balaban J connectivity index is 1.93. The highest BCUT2D eigenvalue weighted by Crippen LogP contribution is 2.30. The van der Waals surface area contributed by atoms with Crippen LogP contribution in [0.1, 0.15) is 40.6 Å². The largest absolute Gasteiger partial charge is 0.478 e. The van der Waals surface area contributed by atoms with E-state index < -0.39 is 16.2 Å². The Morgan fingerprint density at radius 2 is 2.00 bits per heavy atom. The summed E-state index contributed by atoms with van der Waals surface area (Å²) in [5, 5.41) is 9.22. The topological polar surface area (TPSA) is 104 Å². The van der Waals surface area contributed by atoms with Gasteiger partial charge in [-0.1, -0.05) is 12.1 Å². The summed E-state index contributed by atoms with van der Waals surface area (Å²) in [5.41, 5.74) is 2.30. The lowest BCUT2D eigenvalue weighted by Gasteiger charge is -2.33. The van der Waals surface area contributed by atoms with Crippen molar-refractivity contribution in [1.82, 2.24) is 18.6 Å². The molecular formula is C19H24N4O4S. The molecule has 9 heteroatoms. The summed E-state index contributed by atoms with van der Waals surface area (Å²) in [6.07, 6.45) is 1.59. The molecule has 0 unspecified atom stereocenters. The Labute approximate surface area is 165 Å². The molecular weight excluding hydrogens is 380 g/mol. The number of rotatable bonds is 5. The van der Waals surface area contributed by atoms with Gasteiger partial charge in [0.05, 0.1) is 11.3 Å². The summed E-state index contributed by atoms with van der Waals surface area (Å²) in [6, 6.07) is 8.44. The summed E-state index contributed by atoms with van der Waals surface area (Å²) in [5.74, 6) is -0.461. The average molecular weight is 404 g/mol. The Bertz CT molecular complexity index is 991. The van der Waals surface area contributed by atoms with Gasteiger partial charge in [0, 0.05) is 44.4 Å². The van der Waals surface area contributed by atoms with Gasteiger partial charge in [0.25, 0.3) is 10.2 Å². The minimum absolute atomic E-state index is 0.0356. The zero-order chi connectivity index (χ0) is 20.5. The summed E-state index contributed by atoms with van der Waals surface area (Å²) in [7, 11) is -0.412. The minimum Gasteiger partial charge on any atom is -0.478 e. The molecule has 0 spiro atoms. The highest BCUT2D eigenvalue weighted by Gasteiger charge is 2.32. The second-order valence-electron chi connectivity index (χ2n) is 7.10. The van der Waals surface area contributed by atoms with Crippen molar-refractivity contribution in [2.75, 3.05) is 27.2 Å². The molecule has 1 N–H and O–H groups in total. The Morgan fingerprint density at radius 1 is 1.25 bits per heavy atom. The van der Waals surface area contributed by atoms with Gasteiger partial charge in [-0.25, -0.2) is 14.8 Å². The SMILES string of the molecule is Cc1nc(-c2cccc(C(=O)O)c2)cc([C@H]2CCCN(S(=O)(=O)N(C)C)C2)n1. The standard InChI is InChI=1S/C19H24N4O4S/c1-13-20-17(14-6-4-7-15(10-14)19(24)25)11-18(21-13)16-8-5-9-23(12-16)28(26,27)22(2)3/h4,6-7,10-11,16H,5,8-9,12H2,1-3H3,(H,24,25)/t16-/m0/s1. The molecule has 28 heavy (non-hydrogen) atoms. The van der Waals surface area contributed by atoms with Gasteiger partial charge in [-0.05, 0) is 38.0 Å². The third kappa shape index (κ3) is 4.21. The first-order valence-corrected chi connectivity index (χ1v) is 10.4. The lowest BCUT2D eigenvalue weighted by molar-refractivity contribution is 0.0697. The van der Waals surface area contributed by atoms with Crippen molar-refractivity contribution in [3.8, 4) is 11.3 Å². The first kappa shape index (κ1) is 20.4. The maximum absolute atomic E-state index is 12.5. The van der Waals surface area contributed by atoms with Crippen molar-refractivity contribution < 1.29 is 18.3 Å². The molecule has 0 radical (unpaired) electrons. The van der Waals surface area contributed by atoms with Gasteiger partial charge in [-0.3, -0.25) is 0 Å². The predicted molar refractivity (Wildman–Crippen MR) is 105 cm³/mol. The van der Waals surface area contributed by atoms with E-state index in [1.54, 1.807) is 19.1 Å². The number of piperidine rings is 1. The molecule has 1 aromatic heterocycles. The van der Waals surface area contributed by atoms with Crippen LogP contribution in [0.4, 0.5) is 0 Å². The van der Waals surface area contributed by atoms with Gasteiger partial charge in [0.2, 0.25) is 0 Å². The summed E-state index contributed by atoms with van der Waals surface area (Å²) in [6.45, 7) is 2.64. The average Bonchev–Trinajstić information content (AvgIpc) is 2.67. The van der Waals surface area contributed by atoms with Crippen molar-refractivity contribution in [2.45, 2.75) is 25.7 Å². The number of carboxylic acid groups (broad SMARTS) is 1. The van der Waals surface area contributed by atoms with Crippen LogP contribution < -0.4 is 0 Å². The lowest BCUT2D eigenvalue weighted by atomic mass is 9.94. The number of nitrogens with zero attached hydrogens (tertiary/aromatic N) is 4. The summed E-state index contributed by atoms with van der Waals surface area (Å²) < 4.78 is 27.7. The van der Waals surface area contributed by atoms with E-state index in [-0.39, 0.29) is 11.5 Å². The van der Waals surface area contributed by atoms with Crippen LogP contribution in [0.3, 0.4) is 0 Å². The van der Waals surface area contributed by atoms with E-state index in [1.165, 1.54) is 28.8 Å². The molecule has 3 rings (SSSR count). The second-order valence-corrected chi connectivity index (χ2v) is 9.24. The molecule has 0 aliphatic carbocycles. The lowest BCUT2D eigenvalue weighted by Crippen LogP contribution is -2.45. The number of benzene rings is 1. The van der Waals surface area contributed by atoms with E-state index >= 15 is 0 Å². The smallest absolute Gasteiger partial charge is 0.335 e. The van der Waals surface area contributed by atoms with Crippen LogP contribution in [0.25, 0.3) is 11.3 Å². The molecule has 1 aliphatic heterocycles. The van der Waals surface area contributed by atoms with E-state index in [4.69, 9.17) is 0 Å². The van der Waals surface area contributed by atoms with Gasteiger partial charge in [-0.15, -0.1) is 0 Å². The van der Waals surface area contributed by atoms with E-state index in [9.17, 15) is 18.3 Å². The monoisotopic (exact) mass is 404 g/mol. The van der Waals surface area contributed by atoms with E-state index in [0.29, 0.717) is 30.2 Å². The maximum Gasteiger partial charge on any atom is 0.335 e. The van der Waals surface area contributed by atoms with Crippen molar-refractivity contribution in [2.24, 2.45) is 0 Å². The third-order valence-corrected chi connectivity index (χ3v) is 6.76. The fourth-order valence-corrected chi connectivity index (χ4v) is 4.57. The van der Waals surface area contributed by atoms with Crippen molar-refractivity contribution in [1.29, 1.82) is 0 Å². The van der Waals surface area contributed by atoms with Gasteiger partial charge >= 0.3 is 5.97 Å². The fraction of sp³-hybridized carbons (Fsp3) is 0.421. The predicted octanol–water partition coefficient (Wildman–Crippen LogP) is 2.14.